The molecule has 0 bridgehead atoms. The highest BCUT2D eigenvalue weighted by Crippen LogP contribution is 2.25. The second-order valence-electron chi connectivity index (χ2n) is 10.9. The number of hydrogen-bond donors (Lipinski definition) is 2. The molecule has 2 aromatic heterocycles. The number of halogens is 1. The molecule has 2 N–H and O–H groups in total. The second kappa shape index (κ2) is 16.6. The van der Waals surface area contributed by atoms with E-state index in [1.54, 1.807) is 0 Å². The Labute approximate surface area is 270 Å². The van der Waals surface area contributed by atoms with Crippen molar-refractivity contribution in [2.45, 2.75) is 41.3 Å². The third kappa shape index (κ3) is 10.6. The van der Waals surface area contributed by atoms with E-state index in [1.165, 1.54) is 33.4 Å². The summed E-state index contributed by atoms with van der Waals surface area (Å²) in [5.41, 5.74) is 11.0. The lowest BCUT2D eigenvalue weighted by molar-refractivity contribution is -0.134. The van der Waals surface area contributed by atoms with Gasteiger partial charge in [-0.3, -0.25) is 19.8 Å². The molecule has 1 fully saturated rings. The Bertz CT molecular complexity index is 1590. The van der Waals surface area contributed by atoms with E-state index in [4.69, 9.17) is 21.8 Å². The average Bonchev–Trinajstić information content (AvgIpc) is 3.00. The number of pyridine rings is 2. The van der Waals surface area contributed by atoms with Gasteiger partial charge in [0, 0.05) is 80.0 Å². The van der Waals surface area contributed by atoms with Crippen molar-refractivity contribution in [2.75, 3.05) is 26.2 Å². The minimum atomic E-state index is -1.26. The molecule has 3 heterocycles. The molecule has 45 heavy (non-hydrogen) atoms. The summed E-state index contributed by atoms with van der Waals surface area (Å²) in [5.74, 6) is -2.51. The number of benzene rings is 2. The first-order chi connectivity index (χ1) is 21.1. The lowest BCUT2D eigenvalue weighted by Crippen LogP contribution is -2.45. The Morgan fingerprint density at radius 3 is 1.56 bits per heavy atom. The van der Waals surface area contributed by atoms with Gasteiger partial charge in [-0.25, -0.2) is 9.59 Å². The molecule has 9 heteroatoms. The SMILES string of the molecule is C.Cc1cc(-c2cc(CN3CCN(Cc4ccnc(-c5ccc(Cl)cc5)c4)CC3)ccn2)cc(C)c1C.O=C(O)/C=C\C(=O)O. The first-order valence-corrected chi connectivity index (χ1v) is 14.8. The molecule has 0 saturated carbocycles. The Kier molecular flexibility index (Phi) is 13.0. The number of hydrogen-bond acceptors (Lipinski definition) is 6. The highest BCUT2D eigenvalue weighted by molar-refractivity contribution is 6.30. The molecular formula is C36H41ClN4O4. The number of aromatic nitrogens is 2. The van der Waals surface area contributed by atoms with Crippen molar-refractivity contribution in [2.24, 2.45) is 0 Å². The van der Waals surface area contributed by atoms with Crippen LogP contribution in [-0.4, -0.2) is 68.1 Å². The third-order valence-corrected chi connectivity index (χ3v) is 7.91. The number of rotatable bonds is 8. The van der Waals surface area contributed by atoms with Gasteiger partial charge in [-0.1, -0.05) is 31.2 Å². The lowest BCUT2D eigenvalue weighted by atomic mass is 9.98. The number of carboxylic acid groups (broad SMARTS) is 2. The maximum atomic E-state index is 9.55. The van der Waals surface area contributed by atoms with Gasteiger partial charge < -0.3 is 10.2 Å². The molecule has 0 radical (unpaired) electrons. The molecule has 1 saturated heterocycles. The lowest BCUT2D eigenvalue weighted by Gasteiger charge is -2.34. The highest BCUT2D eigenvalue weighted by Gasteiger charge is 2.18. The number of carbonyl (C=O) groups is 2. The van der Waals surface area contributed by atoms with Gasteiger partial charge >= 0.3 is 11.9 Å². The molecule has 1 aliphatic heterocycles. The fourth-order valence-electron chi connectivity index (χ4n) is 5.03. The van der Waals surface area contributed by atoms with Gasteiger partial charge in [0.25, 0.3) is 0 Å². The van der Waals surface area contributed by atoms with E-state index in [0.29, 0.717) is 12.2 Å². The number of aryl methyl sites for hydroxylation is 2. The van der Waals surface area contributed by atoms with Crippen molar-refractivity contribution in [1.29, 1.82) is 0 Å². The standard InChI is InChI=1S/C31H33ClN4.C4H4O4.CH4/c1-22-16-28(17-23(2)24(22)3)31-19-26(9-11-34-31)21-36-14-12-35(13-15-36)20-25-8-10-33-30(18-25)27-4-6-29(32)7-5-27;5-3(6)1-2-4(7)8;/h4-11,16-19H,12-15,20-21H2,1-3H3;1-2H,(H,5,6)(H,7,8);1H4/b;2-1-;. The molecule has 0 unspecified atom stereocenters. The zero-order valence-corrected chi connectivity index (χ0v) is 26.0. The summed E-state index contributed by atoms with van der Waals surface area (Å²) in [6, 6.07) is 21.1. The van der Waals surface area contributed by atoms with Crippen LogP contribution in [0.1, 0.15) is 35.2 Å². The molecule has 0 aliphatic carbocycles. The van der Waals surface area contributed by atoms with Crippen molar-refractivity contribution in [1.82, 2.24) is 19.8 Å². The Morgan fingerprint density at radius 2 is 1.13 bits per heavy atom. The molecule has 1 aliphatic rings. The van der Waals surface area contributed by atoms with Crippen molar-refractivity contribution in [3.63, 3.8) is 0 Å². The van der Waals surface area contributed by atoms with Crippen molar-refractivity contribution < 1.29 is 19.8 Å². The van der Waals surface area contributed by atoms with Crippen LogP contribution in [0.25, 0.3) is 22.5 Å². The van der Waals surface area contributed by atoms with Crippen molar-refractivity contribution in [3.8, 4) is 22.5 Å². The smallest absolute Gasteiger partial charge is 0.328 e. The fourth-order valence-corrected chi connectivity index (χ4v) is 5.16. The number of aliphatic carboxylic acids is 2. The van der Waals surface area contributed by atoms with Crippen molar-refractivity contribution >= 4 is 23.5 Å². The van der Waals surface area contributed by atoms with Gasteiger partial charge in [0.2, 0.25) is 0 Å². The van der Waals surface area contributed by atoms with Crippen molar-refractivity contribution in [3.05, 3.63) is 118 Å². The minimum absolute atomic E-state index is 0. The summed E-state index contributed by atoms with van der Waals surface area (Å²) in [7, 11) is 0. The molecule has 5 rings (SSSR count). The number of nitrogens with zero attached hydrogens (tertiary/aromatic N) is 4. The first kappa shape index (κ1) is 35.1. The summed E-state index contributed by atoms with van der Waals surface area (Å²) in [5, 5.41) is 16.4. The molecule has 2 aromatic carbocycles. The molecule has 8 nitrogen and oxygen atoms in total. The topological polar surface area (TPSA) is 107 Å². The molecule has 0 spiro atoms. The zero-order valence-electron chi connectivity index (χ0n) is 25.2. The van der Waals surface area contributed by atoms with E-state index < -0.39 is 11.9 Å². The average molecular weight is 629 g/mol. The van der Waals surface area contributed by atoms with Crippen LogP contribution in [0.4, 0.5) is 0 Å². The predicted octanol–water partition coefficient (Wildman–Crippen LogP) is 7.05. The highest BCUT2D eigenvalue weighted by atomic mass is 35.5. The zero-order chi connectivity index (χ0) is 31.6. The van der Waals surface area contributed by atoms with Crippen LogP contribution in [0.3, 0.4) is 0 Å². The Hall–Kier alpha value is -4.37. The van der Waals surface area contributed by atoms with Gasteiger partial charge in [-0.2, -0.15) is 0 Å². The van der Waals surface area contributed by atoms with E-state index in [-0.39, 0.29) is 7.43 Å². The fraction of sp³-hybridized carbons (Fsp3) is 0.278. The largest absolute Gasteiger partial charge is 0.478 e. The number of piperazine rings is 1. The summed E-state index contributed by atoms with van der Waals surface area (Å²) in [6.45, 7) is 12.7. The minimum Gasteiger partial charge on any atom is -0.478 e. The maximum absolute atomic E-state index is 9.55. The Morgan fingerprint density at radius 1 is 0.711 bits per heavy atom. The third-order valence-electron chi connectivity index (χ3n) is 7.66. The van der Waals surface area contributed by atoms with Crippen LogP contribution >= 0.6 is 11.6 Å². The van der Waals surface area contributed by atoms with Gasteiger partial charge in [-0.15, -0.1) is 0 Å². The van der Waals surface area contributed by atoms with Crippen LogP contribution in [-0.2, 0) is 22.7 Å². The number of carboxylic acids is 2. The van der Waals surface area contributed by atoms with E-state index >= 15 is 0 Å². The summed E-state index contributed by atoms with van der Waals surface area (Å²) in [4.78, 5) is 33.4. The van der Waals surface area contributed by atoms with Crippen LogP contribution in [0.15, 0.2) is 85.2 Å². The molecule has 0 amide bonds. The Balaban J connectivity index is 0.000000544. The first-order valence-electron chi connectivity index (χ1n) is 14.4. The molecule has 0 atom stereocenters. The predicted molar refractivity (Wildman–Crippen MR) is 180 cm³/mol. The van der Waals surface area contributed by atoms with E-state index in [0.717, 1.165) is 61.2 Å². The molecular weight excluding hydrogens is 588 g/mol. The quantitative estimate of drug-likeness (QED) is 0.200. The van der Waals surface area contributed by atoms with Gasteiger partial charge in [-0.05, 0) is 97.1 Å². The van der Waals surface area contributed by atoms with Crippen LogP contribution < -0.4 is 0 Å². The normalized spacial score (nSPS) is 13.5. The summed E-state index contributed by atoms with van der Waals surface area (Å²) >= 11 is 6.04. The van der Waals surface area contributed by atoms with E-state index in [9.17, 15) is 9.59 Å². The van der Waals surface area contributed by atoms with E-state index in [1.807, 2.05) is 36.7 Å². The molecule has 4 aromatic rings. The van der Waals surface area contributed by atoms with E-state index in [2.05, 4.69) is 76.9 Å². The van der Waals surface area contributed by atoms with Crippen LogP contribution in [0.5, 0.6) is 0 Å². The van der Waals surface area contributed by atoms with Crippen LogP contribution in [0.2, 0.25) is 5.02 Å². The van der Waals surface area contributed by atoms with Crippen LogP contribution in [0, 0.1) is 20.8 Å². The van der Waals surface area contributed by atoms with Gasteiger partial charge in [0.1, 0.15) is 0 Å². The molecule has 236 valence electrons. The maximum Gasteiger partial charge on any atom is 0.328 e. The van der Waals surface area contributed by atoms with Gasteiger partial charge in [0.15, 0.2) is 0 Å². The monoisotopic (exact) mass is 628 g/mol. The second-order valence-corrected chi connectivity index (χ2v) is 11.3. The summed E-state index contributed by atoms with van der Waals surface area (Å²) < 4.78 is 0. The van der Waals surface area contributed by atoms with Gasteiger partial charge in [0.05, 0.1) is 11.4 Å². The summed E-state index contributed by atoms with van der Waals surface area (Å²) in [6.07, 6.45) is 4.98.